The molecule has 0 aliphatic carbocycles. The van der Waals surface area contributed by atoms with Crippen molar-refractivity contribution < 1.29 is 0 Å². The molecule has 0 aliphatic rings. The van der Waals surface area contributed by atoms with Gasteiger partial charge in [0.05, 0.1) is 6.07 Å². The summed E-state index contributed by atoms with van der Waals surface area (Å²) in [4.78, 5) is 0. The molecule has 0 saturated heterocycles. The fourth-order valence-corrected chi connectivity index (χ4v) is 1.76. The van der Waals surface area contributed by atoms with Crippen LogP contribution in [0.5, 0.6) is 0 Å². The van der Waals surface area contributed by atoms with E-state index in [9.17, 15) is 0 Å². The van der Waals surface area contributed by atoms with Gasteiger partial charge in [0, 0.05) is 10.2 Å². The first-order valence-corrected chi connectivity index (χ1v) is 5.84. The molecule has 0 heterocycles. The third kappa shape index (κ3) is 3.56. The van der Waals surface area contributed by atoms with Gasteiger partial charge in [0.2, 0.25) is 0 Å². The highest BCUT2D eigenvalue weighted by molar-refractivity contribution is 9.10. The van der Waals surface area contributed by atoms with Crippen LogP contribution in [-0.4, -0.2) is 5.54 Å². The van der Waals surface area contributed by atoms with Gasteiger partial charge in [0.15, 0.2) is 0 Å². The summed E-state index contributed by atoms with van der Waals surface area (Å²) in [6.45, 7) is 4.01. The first-order chi connectivity index (χ1) is 7.09. The minimum absolute atomic E-state index is 0.470. The van der Waals surface area contributed by atoms with E-state index < -0.39 is 5.54 Å². The molecule has 1 aromatic rings. The normalized spacial score (nSPS) is 14.0. The van der Waals surface area contributed by atoms with E-state index in [1.165, 1.54) is 0 Å². The van der Waals surface area contributed by atoms with E-state index in [1.54, 1.807) is 0 Å². The summed E-state index contributed by atoms with van der Waals surface area (Å²) in [7, 11) is 0. The summed E-state index contributed by atoms with van der Waals surface area (Å²) in [6.07, 6.45) is 1.84. The van der Waals surface area contributed by atoms with Crippen molar-refractivity contribution in [2.45, 2.75) is 32.2 Å². The fourth-order valence-electron chi connectivity index (χ4n) is 1.50. The van der Waals surface area contributed by atoms with E-state index in [0.717, 1.165) is 23.0 Å². The van der Waals surface area contributed by atoms with Gasteiger partial charge in [-0.1, -0.05) is 29.3 Å². The van der Waals surface area contributed by atoms with E-state index in [2.05, 4.69) is 34.2 Å². The SMILES string of the molecule is CCCC(C)(C#N)Nc1ccc(Br)cc1. The second-order valence-electron chi connectivity index (χ2n) is 3.83. The van der Waals surface area contributed by atoms with Crippen LogP contribution in [0.4, 0.5) is 5.69 Å². The summed E-state index contributed by atoms with van der Waals surface area (Å²) in [5.74, 6) is 0. The Bertz CT molecular complexity index is 353. The Hall–Kier alpha value is -1.01. The van der Waals surface area contributed by atoms with E-state index in [4.69, 9.17) is 5.26 Å². The molecule has 0 aromatic heterocycles. The highest BCUT2D eigenvalue weighted by atomic mass is 79.9. The number of rotatable bonds is 4. The van der Waals surface area contributed by atoms with Gasteiger partial charge >= 0.3 is 0 Å². The maximum Gasteiger partial charge on any atom is 0.122 e. The second kappa shape index (κ2) is 5.18. The van der Waals surface area contributed by atoms with Crippen LogP contribution in [0.2, 0.25) is 0 Å². The van der Waals surface area contributed by atoms with Gasteiger partial charge in [-0.2, -0.15) is 5.26 Å². The molecule has 0 aliphatic heterocycles. The predicted molar refractivity (Wildman–Crippen MR) is 66.7 cm³/mol. The average molecular weight is 267 g/mol. The summed E-state index contributed by atoms with van der Waals surface area (Å²) in [5, 5.41) is 12.4. The highest BCUT2D eigenvalue weighted by Gasteiger charge is 2.21. The lowest BCUT2D eigenvalue weighted by Crippen LogP contribution is -2.32. The van der Waals surface area contributed by atoms with Crippen molar-refractivity contribution in [1.29, 1.82) is 5.26 Å². The van der Waals surface area contributed by atoms with Crippen LogP contribution in [0.25, 0.3) is 0 Å². The van der Waals surface area contributed by atoms with Crippen molar-refractivity contribution in [3.8, 4) is 6.07 Å². The molecule has 1 aromatic carbocycles. The molecule has 2 nitrogen and oxygen atoms in total. The molecule has 0 saturated carbocycles. The van der Waals surface area contributed by atoms with Gasteiger partial charge in [-0.3, -0.25) is 0 Å². The van der Waals surface area contributed by atoms with Gasteiger partial charge in [0.25, 0.3) is 0 Å². The van der Waals surface area contributed by atoms with Crippen molar-refractivity contribution in [2.24, 2.45) is 0 Å². The molecule has 1 N–H and O–H groups in total. The lowest BCUT2D eigenvalue weighted by Gasteiger charge is -2.23. The van der Waals surface area contributed by atoms with E-state index >= 15 is 0 Å². The molecule has 3 heteroatoms. The zero-order valence-electron chi connectivity index (χ0n) is 9.05. The lowest BCUT2D eigenvalue weighted by molar-refractivity contribution is 0.579. The molecule has 0 spiro atoms. The molecule has 0 radical (unpaired) electrons. The van der Waals surface area contributed by atoms with Crippen LogP contribution in [0.3, 0.4) is 0 Å². The zero-order valence-corrected chi connectivity index (χ0v) is 10.6. The molecule has 15 heavy (non-hydrogen) atoms. The molecule has 1 unspecified atom stereocenters. The van der Waals surface area contributed by atoms with E-state index in [0.29, 0.717) is 0 Å². The largest absolute Gasteiger partial charge is 0.368 e. The maximum absolute atomic E-state index is 9.11. The number of halogens is 1. The van der Waals surface area contributed by atoms with Crippen molar-refractivity contribution in [3.63, 3.8) is 0 Å². The minimum Gasteiger partial charge on any atom is -0.368 e. The Kier molecular flexibility index (Phi) is 4.16. The number of hydrogen-bond acceptors (Lipinski definition) is 2. The lowest BCUT2D eigenvalue weighted by atomic mass is 9.98. The standard InChI is InChI=1S/C12H15BrN2/c1-3-8-12(2,9-14)15-11-6-4-10(13)5-7-11/h4-7,15H,3,8H2,1-2H3. The molecule has 0 bridgehead atoms. The van der Waals surface area contributed by atoms with Gasteiger partial charge in [-0.15, -0.1) is 0 Å². The van der Waals surface area contributed by atoms with E-state index in [-0.39, 0.29) is 0 Å². The Morgan fingerprint density at radius 1 is 1.40 bits per heavy atom. The van der Waals surface area contributed by atoms with Crippen LogP contribution < -0.4 is 5.32 Å². The van der Waals surface area contributed by atoms with Crippen LogP contribution in [0, 0.1) is 11.3 Å². The molecular formula is C12H15BrN2. The summed E-state index contributed by atoms with van der Waals surface area (Å²) in [6, 6.07) is 10.2. The minimum atomic E-state index is -0.470. The third-order valence-corrected chi connectivity index (χ3v) is 2.79. The van der Waals surface area contributed by atoms with Crippen molar-refractivity contribution in [1.82, 2.24) is 0 Å². The molecular weight excluding hydrogens is 252 g/mol. The Balaban J connectivity index is 2.76. The smallest absolute Gasteiger partial charge is 0.122 e. The summed E-state index contributed by atoms with van der Waals surface area (Å²) < 4.78 is 1.04. The Labute approximate surface area is 99.4 Å². The van der Waals surface area contributed by atoms with Crippen LogP contribution in [0.15, 0.2) is 28.7 Å². The average Bonchev–Trinajstić information content (AvgIpc) is 2.22. The van der Waals surface area contributed by atoms with Gasteiger partial charge in [-0.05, 0) is 37.6 Å². The quantitative estimate of drug-likeness (QED) is 0.896. The summed E-state index contributed by atoms with van der Waals surface area (Å²) in [5.41, 5.74) is 0.512. The number of benzene rings is 1. The number of nitrogens with zero attached hydrogens (tertiary/aromatic N) is 1. The molecule has 1 rings (SSSR count). The predicted octanol–water partition coefficient (Wildman–Crippen LogP) is 3.94. The number of nitriles is 1. The first kappa shape index (κ1) is 12.1. The van der Waals surface area contributed by atoms with E-state index in [1.807, 2.05) is 31.2 Å². The van der Waals surface area contributed by atoms with Gasteiger partial charge in [-0.25, -0.2) is 0 Å². The number of anilines is 1. The second-order valence-corrected chi connectivity index (χ2v) is 4.74. The number of hydrogen-bond donors (Lipinski definition) is 1. The third-order valence-electron chi connectivity index (χ3n) is 2.26. The van der Waals surface area contributed by atoms with Gasteiger partial charge < -0.3 is 5.32 Å². The fraction of sp³-hybridized carbons (Fsp3) is 0.417. The molecule has 0 amide bonds. The molecule has 80 valence electrons. The summed E-state index contributed by atoms with van der Waals surface area (Å²) >= 11 is 3.38. The van der Waals surface area contributed by atoms with Crippen LogP contribution in [0.1, 0.15) is 26.7 Å². The van der Waals surface area contributed by atoms with Crippen molar-refractivity contribution in [2.75, 3.05) is 5.32 Å². The molecule has 0 fully saturated rings. The molecule has 1 atom stereocenters. The Morgan fingerprint density at radius 2 is 2.00 bits per heavy atom. The number of nitrogens with one attached hydrogen (secondary N) is 1. The topological polar surface area (TPSA) is 35.8 Å². The van der Waals surface area contributed by atoms with Gasteiger partial charge in [0.1, 0.15) is 5.54 Å². The van der Waals surface area contributed by atoms with Crippen molar-refractivity contribution >= 4 is 21.6 Å². The van der Waals surface area contributed by atoms with Crippen LogP contribution in [-0.2, 0) is 0 Å². The highest BCUT2D eigenvalue weighted by Crippen LogP contribution is 2.21. The van der Waals surface area contributed by atoms with Crippen LogP contribution >= 0.6 is 15.9 Å². The zero-order chi connectivity index (χ0) is 11.3. The monoisotopic (exact) mass is 266 g/mol. The first-order valence-electron chi connectivity index (χ1n) is 5.04. The Morgan fingerprint density at radius 3 is 2.47 bits per heavy atom. The van der Waals surface area contributed by atoms with Crippen molar-refractivity contribution in [3.05, 3.63) is 28.7 Å². The maximum atomic E-state index is 9.11.